The van der Waals surface area contributed by atoms with E-state index in [2.05, 4.69) is 23.8 Å². The molecule has 1 atom stereocenters. The number of carbonyl (C=O) groups excluding carboxylic acids is 1. The van der Waals surface area contributed by atoms with Crippen molar-refractivity contribution in [3.63, 3.8) is 0 Å². The number of nitrogens with zero attached hydrogens (tertiary/aromatic N) is 2. The first-order valence-electron chi connectivity index (χ1n) is 5.75. The van der Waals surface area contributed by atoms with Gasteiger partial charge in [0.2, 0.25) is 0 Å². The lowest BCUT2D eigenvalue weighted by Crippen LogP contribution is -2.19. The van der Waals surface area contributed by atoms with E-state index in [4.69, 9.17) is 0 Å². The second-order valence-corrected chi connectivity index (χ2v) is 4.33. The molecule has 0 radical (unpaired) electrons. The van der Waals surface area contributed by atoms with Gasteiger partial charge in [0.1, 0.15) is 0 Å². The van der Waals surface area contributed by atoms with Crippen LogP contribution in [0.4, 0.5) is 0 Å². The van der Waals surface area contributed by atoms with Crippen LogP contribution >= 0.6 is 0 Å². The van der Waals surface area contributed by atoms with Crippen LogP contribution in [0.3, 0.4) is 0 Å². The Morgan fingerprint density at radius 2 is 2.31 bits per heavy atom. The molecule has 3 nitrogen and oxygen atoms in total. The van der Waals surface area contributed by atoms with Crippen LogP contribution in [0.2, 0.25) is 0 Å². The van der Waals surface area contributed by atoms with E-state index in [1.807, 2.05) is 6.21 Å². The van der Waals surface area contributed by atoms with Gasteiger partial charge in [-0.2, -0.15) is 0 Å². The molecule has 1 heterocycles. The number of allylic oxidation sites excluding steroid dienone is 2. The maximum atomic E-state index is 11.3. The first kappa shape index (κ1) is 12.8. The molecule has 0 aromatic carbocycles. The first-order chi connectivity index (χ1) is 7.56. The molecule has 1 aliphatic heterocycles. The molecular weight excluding hydrogens is 200 g/mol. The second-order valence-electron chi connectivity index (χ2n) is 4.33. The predicted molar refractivity (Wildman–Crippen MR) is 68.2 cm³/mol. The minimum atomic E-state index is 0.0982. The lowest BCUT2D eigenvalue weighted by Gasteiger charge is -2.21. The average Bonchev–Trinajstić information content (AvgIpc) is 2.24. The zero-order chi connectivity index (χ0) is 12.1. The van der Waals surface area contributed by atoms with Crippen LogP contribution in [0.25, 0.3) is 0 Å². The molecule has 1 aliphatic rings. The Labute approximate surface area is 97.4 Å². The molecule has 3 heteroatoms. The Morgan fingerprint density at radius 1 is 1.62 bits per heavy atom. The van der Waals surface area contributed by atoms with Gasteiger partial charge in [-0.05, 0) is 43.9 Å². The largest absolute Gasteiger partial charge is 0.301 e. The summed E-state index contributed by atoms with van der Waals surface area (Å²) in [4.78, 5) is 19.8. The van der Waals surface area contributed by atoms with Gasteiger partial charge in [0, 0.05) is 19.7 Å². The number of hydrogen-bond acceptors (Lipinski definition) is 3. The summed E-state index contributed by atoms with van der Waals surface area (Å²) in [5.41, 5.74) is 3.11. The van der Waals surface area contributed by atoms with Crippen LogP contribution in [0.1, 0.15) is 40.0 Å². The van der Waals surface area contributed by atoms with Crippen molar-refractivity contribution in [2.24, 2.45) is 15.9 Å². The van der Waals surface area contributed by atoms with E-state index in [0.717, 1.165) is 30.7 Å². The van der Waals surface area contributed by atoms with Crippen molar-refractivity contribution >= 4 is 17.7 Å². The van der Waals surface area contributed by atoms with Crippen LogP contribution in [0.15, 0.2) is 21.3 Å². The van der Waals surface area contributed by atoms with E-state index in [1.165, 1.54) is 5.57 Å². The molecule has 0 aromatic rings. The maximum absolute atomic E-state index is 11.3. The van der Waals surface area contributed by atoms with E-state index in [1.54, 1.807) is 14.0 Å². The number of carbonyl (C=O) groups is 1. The molecule has 0 bridgehead atoms. The molecule has 0 spiro atoms. The molecule has 0 fully saturated rings. The van der Waals surface area contributed by atoms with E-state index < -0.39 is 0 Å². The lowest BCUT2D eigenvalue weighted by atomic mass is 9.89. The minimum absolute atomic E-state index is 0.0982. The standard InChI is InChI=1S/C13H20N2O/c1-9-8-13(11(3)16)15-12(10(9)2)6-5-7-14-4/h7,9H,5-6,8H2,1-4H3. The van der Waals surface area contributed by atoms with Crippen molar-refractivity contribution in [1.82, 2.24) is 0 Å². The highest BCUT2D eigenvalue weighted by atomic mass is 16.1. The summed E-state index contributed by atoms with van der Waals surface area (Å²) in [7, 11) is 1.77. The third-order valence-corrected chi connectivity index (χ3v) is 3.06. The molecule has 88 valence electrons. The Balaban J connectivity index is 2.84. The smallest absolute Gasteiger partial charge is 0.173 e. The summed E-state index contributed by atoms with van der Waals surface area (Å²) in [6.07, 6.45) is 4.45. The molecule has 0 saturated heterocycles. The van der Waals surface area contributed by atoms with Crippen LogP contribution in [-0.2, 0) is 4.79 Å². The predicted octanol–water partition coefficient (Wildman–Crippen LogP) is 2.81. The monoisotopic (exact) mass is 220 g/mol. The fourth-order valence-corrected chi connectivity index (χ4v) is 1.83. The SMILES string of the molecule is CN=CCCC1=C(C)C(C)CC(C(C)=O)=N1. The summed E-state index contributed by atoms with van der Waals surface area (Å²) in [6, 6.07) is 0. The molecule has 1 rings (SSSR count). The van der Waals surface area contributed by atoms with Gasteiger partial charge in [-0.15, -0.1) is 0 Å². The van der Waals surface area contributed by atoms with Crippen molar-refractivity contribution in [2.45, 2.75) is 40.0 Å². The number of ketones is 1. The normalized spacial score (nSPS) is 21.5. The van der Waals surface area contributed by atoms with Crippen LogP contribution < -0.4 is 0 Å². The van der Waals surface area contributed by atoms with Crippen molar-refractivity contribution < 1.29 is 4.79 Å². The first-order valence-corrected chi connectivity index (χ1v) is 5.75. The quantitative estimate of drug-likeness (QED) is 0.672. The van der Waals surface area contributed by atoms with E-state index in [9.17, 15) is 4.79 Å². The second kappa shape index (κ2) is 5.73. The average molecular weight is 220 g/mol. The van der Waals surface area contributed by atoms with Crippen molar-refractivity contribution in [3.05, 3.63) is 11.3 Å². The fourth-order valence-electron chi connectivity index (χ4n) is 1.83. The summed E-state index contributed by atoms with van der Waals surface area (Å²) in [5.74, 6) is 0.533. The van der Waals surface area contributed by atoms with Crippen molar-refractivity contribution in [2.75, 3.05) is 7.05 Å². The molecule has 0 N–H and O–H groups in total. The Morgan fingerprint density at radius 3 is 2.88 bits per heavy atom. The molecule has 0 amide bonds. The summed E-state index contributed by atoms with van der Waals surface area (Å²) in [6.45, 7) is 5.86. The van der Waals surface area contributed by atoms with Gasteiger partial charge < -0.3 is 4.99 Å². The van der Waals surface area contributed by atoms with Gasteiger partial charge in [-0.25, -0.2) is 0 Å². The zero-order valence-corrected chi connectivity index (χ0v) is 10.6. The summed E-state index contributed by atoms with van der Waals surface area (Å²) in [5, 5.41) is 0. The topological polar surface area (TPSA) is 41.8 Å². The lowest BCUT2D eigenvalue weighted by molar-refractivity contribution is -0.111. The third-order valence-electron chi connectivity index (χ3n) is 3.06. The fraction of sp³-hybridized carbons (Fsp3) is 0.615. The molecule has 0 aliphatic carbocycles. The summed E-state index contributed by atoms with van der Waals surface area (Å²) >= 11 is 0. The van der Waals surface area contributed by atoms with Gasteiger partial charge in [0.15, 0.2) is 5.78 Å². The van der Waals surface area contributed by atoms with Gasteiger partial charge in [-0.1, -0.05) is 6.92 Å². The number of hydrogen-bond donors (Lipinski definition) is 0. The van der Waals surface area contributed by atoms with Gasteiger partial charge in [0.05, 0.1) is 5.71 Å². The zero-order valence-electron chi connectivity index (χ0n) is 10.6. The van der Waals surface area contributed by atoms with Gasteiger partial charge >= 0.3 is 0 Å². The third kappa shape index (κ3) is 3.12. The maximum Gasteiger partial charge on any atom is 0.173 e. The Bertz CT molecular complexity index is 364. The van der Waals surface area contributed by atoms with E-state index in [-0.39, 0.29) is 5.78 Å². The summed E-state index contributed by atoms with van der Waals surface area (Å²) < 4.78 is 0. The van der Waals surface area contributed by atoms with Crippen molar-refractivity contribution in [3.8, 4) is 0 Å². The van der Waals surface area contributed by atoms with Gasteiger partial charge in [0.25, 0.3) is 0 Å². The number of Topliss-reactive ketones (excluding diaryl/α,β-unsaturated/α-hetero) is 1. The molecular formula is C13H20N2O. The van der Waals surface area contributed by atoms with Crippen LogP contribution in [0.5, 0.6) is 0 Å². The number of aliphatic imine (C=N–C) groups is 2. The highest BCUT2D eigenvalue weighted by Crippen LogP contribution is 2.27. The molecule has 1 unspecified atom stereocenters. The van der Waals surface area contributed by atoms with Crippen LogP contribution in [-0.4, -0.2) is 24.8 Å². The highest BCUT2D eigenvalue weighted by molar-refractivity contribution is 6.39. The Hall–Kier alpha value is -1.25. The molecule has 0 saturated carbocycles. The molecule has 0 aromatic heterocycles. The molecule has 16 heavy (non-hydrogen) atoms. The van der Waals surface area contributed by atoms with Gasteiger partial charge in [-0.3, -0.25) is 9.79 Å². The van der Waals surface area contributed by atoms with Crippen molar-refractivity contribution in [1.29, 1.82) is 0 Å². The van der Waals surface area contributed by atoms with Crippen LogP contribution in [0, 0.1) is 5.92 Å². The highest BCUT2D eigenvalue weighted by Gasteiger charge is 2.20. The van der Waals surface area contributed by atoms with E-state index >= 15 is 0 Å². The number of rotatable bonds is 4. The van der Waals surface area contributed by atoms with E-state index in [0.29, 0.717) is 5.92 Å². The Kier molecular flexibility index (Phi) is 4.59. The minimum Gasteiger partial charge on any atom is -0.301 e.